The molecular formula is C18H23O3S-. The lowest BCUT2D eigenvalue weighted by atomic mass is 9.88. The van der Waals surface area contributed by atoms with Crippen molar-refractivity contribution in [1.82, 2.24) is 0 Å². The summed E-state index contributed by atoms with van der Waals surface area (Å²) < 4.78 is 34.6. The zero-order valence-electron chi connectivity index (χ0n) is 13.6. The predicted molar refractivity (Wildman–Crippen MR) is 89.3 cm³/mol. The summed E-state index contributed by atoms with van der Waals surface area (Å²) in [6, 6.07) is 9.16. The number of hydrogen-bond acceptors (Lipinski definition) is 3. The maximum atomic E-state index is 11.5. The van der Waals surface area contributed by atoms with E-state index in [0.717, 1.165) is 34.7 Å². The van der Waals surface area contributed by atoms with Crippen molar-refractivity contribution in [2.24, 2.45) is 0 Å². The van der Waals surface area contributed by atoms with Crippen LogP contribution in [-0.4, -0.2) is 13.0 Å². The molecule has 0 spiro atoms. The highest BCUT2D eigenvalue weighted by molar-refractivity contribution is 7.85. The largest absolute Gasteiger partial charge is 0.744 e. The average molecular weight is 319 g/mol. The number of hydrogen-bond donors (Lipinski definition) is 0. The normalized spacial score (nSPS) is 15.0. The minimum atomic E-state index is -4.46. The molecule has 4 heteroatoms. The summed E-state index contributed by atoms with van der Waals surface area (Å²) in [6.07, 6.45) is 1.86. The molecule has 0 aliphatic carbocycles. The zero-order valence-corrected chi connectivity index (χ0v) is 14.4. The van der Waals surface area contributed by atoms with Gasteiger partial charge in [-0.3, -0.25) is 0 Å². The van der Waals surface area contributed by atoms with E-state index in [-0.39, 0.29) is 10.8 Å². The highest BCUT2D eigenvalue weighted by Gasteiger charge is 2.16. The molecule has 0 saturated carbocycles. The first-order chi connectivity index (χ1) is 10.3. The summed E-state index contributed by atoms with van der Waals surface area (Å²) in [4.78, 5) is -0.119. The first kappa shape index (κ1) is 17.0. The Bertz CT molecular complexity index is 778. The van der Waals surface area contributed by atoms with Crippen molar-refractivity contribution in [3.63, 3.8) is 0 Å². The summed E-state index contributed by atoms with van der Waals surface area (Å²) in [5.41, 5.74) is 2.05. The molecule has 0 bridgehead atoms. The van der Waals surface area contributed by atoms with Crippen LogP contribution < -0.4 is 0 Å². The maximum absolute atomic E-state index is 11.5. The van der Waals surface area contributed by atoms with E-state index >= 15 is 0 Å². The van der Waals surface area contributed by atoms with Gasteiger partial charge in [0.05, 0.1) is 4.90 Å². The molecule has 0 heterocycles. The van der Waals surface area contributed by atoms with Crippen LogP contribution in [0.25, 0.3) is 10.8 Å². The van der Waals surface area contributed by atoms with Crippen LogP contribution in [0.2, 0.25) is 0 Å². The van der Waals surface area contributed by atoms with Gasteiger partial charge >= 0.3 is 0 Å². The van der Waals surface area contributed by atoms with Crippen molar-refractivity contribution in [1.29, 1.82) is 0 Å². The fourth-order valence-corrected chi connectivity index (χ4v) is 3.37. The van der Waals surface area contributed by atoms with E-state index in [1.54, 1.807) is 12.1 Å². The second-order valence-corrected chi connectivity index (χ2v) is 7.41. The van der Waals surface area contributed by atoms with Crippen molar-refractivity contribution in [2.75, 3.05) is 0 Å². The van der Waals surface area contributed by atoms with Crippen molar-refractivity contribution in [2.45, 2.75) is 57.3 Å². The lowest BCUT2D eigenvalue weighted by molar-refractivity contribution is 0.463. The molecule has 22 heavy (non-hydrogen) atoms. The Kier molecular flexibility index (Phi) is 4.93. The van der Waals surface area contributed by atoms with Crippen molar-refractivity contribution < 1.29 is 13.0 Å². The minimum absolute atomic E-state index is 0.119. The van der Waals surface area contributed by atoms with Crippen LogP contribution in [0.1, 0.15) is 63.5 Å². The third kappa shape index (κ3) is 3.18. The number of benzene rings is 2. The highest BCUT2D eigenvalue weighted by atomic mass is 32.2. The quantitative estimate of drug-likeness (QED) is 0.746. The Morgan fingerprint density at radius 1 is 0.955 bits per heavy atom. The van der Waals surface area contributed by atoms with E-state index in [0.29, 0.717) is 5.92 Å². The topological polar surface area (TPSA) is 57.2 Å². The first-order valence-corrected chi connectivity index (χ1v) is 9.22. The van der Waals surface area contributed by atoms with Crippen LogP contribution in [0.5, 0.6) is 0 Å². The highest BCUT2D eigenvalue weighted by Crippen LogP contribution is 2.35. The molecule has 3 nitrogen and oxygen atoms in total. The van der Waals surface area contributed by atoms with Gasteiger partial charge in [0.2, 0.25) is 0 Å². The molecule has 0 aliphatic rings. The Balaban J connectivity index is 2.88. The molecular weight excluding hydrogens is 296 g/mol. The fraction of sp³-hybridized carbons (Fsp3) is 0.444. The third-order valence-corrected chi connectivity index (χ3v) is 5.42. The molecule has 0 saturated heterocycles. The second-order valence-electron chi connectivity index (χ2n) is 6.03. The molecule has 0 aliphatic heterocycles. The van der Waals surface area contributed by atoms with Crippen LogP contribution >= 0.6 is 0 Å². The zero-order chi connectivity index (χ0) is 16.5. The van der Waals surface area contributed by atoms with Gasteiger partial charge in [0, 0.05) is 0 Å². The summed E-state index contributed by atoms with van der Waals surface area (Å²) in [7, 11) is -4.46. The van der Waals surface area contributed by atoms with Gasteiger partial charge in [-0.05, 0) is 58.7 Å². The molecule has 0 radical (unpaired) electrons. The fourth-order valence-electron chi connectivity index (χ4n) is 2.83. The van der Waals surface area contributed by atoms with E-state index in [2.05, 4.69) is 27.7 Å². The Morgan fingerprint density at radius 2 is 1.55 bits per heavy atom. The van der Waals surface area contributed by atoms with E-state index in [9.17, 15) is 13.0 Å². The van der Waals surface area contributed by atoms with Crippen LogP contribution in [0.3, 0.4) is 0 Å². The van der Waals surface area contributed by atoms with E-state index < -0.39 is 10.1 Å². The SMILES string of the molecule is CCC(C)c1cc(S(=O)(=O)[O-])cc2c(C(C)CC)cccc12. The van der Waals surface area contributed by atoms with Gasteiger partial charge in [0.15, 0.2) is 0 Å². The predicted octanol–water partition coefficient (Wildman–Crippen LogP) is 4.77. The minimum Gasteiger partial charge on any atom is -0.744 e. The Hall–Kier alpha value is -1.39. The van der Waals surface area contributed by atoms with Gasteiger partial charge in [-0.2, -0.15) is 0 Å². The van der Waals surface area contributed by atoms with E-state index in [1.807, 2.05) is 18.2 Å². The molecule has 2 aromatic carbocycles. The van der Waals surface area contributed by atoms with Crippen molar-refractivity contribution in [3.8, 4) is 0 Å². The summed E-state index contributed by atoms with van der Waals surface area (Å²) in [5.74, 6) is 0.523. The van der Waals surface area contributed by atoms with Gasteiger partial charge in [-0.1, -0.05) is 45.9 Å². The molecule has 2 atom stereocenters. The monoisotopic (exact) mass is 319 g/mol. The lowest BCUT2D eigenvalue weighted by Gasteiger charge is -2.20. The van der Waals surface area contributed by atoms with Crippen LogP contribution in [0.15, 0.2) is 35.2 Å². The van der Waals surface area contributed by atoms with Crippen LogP contribution in [-0.2, 0) is 10.1 Å². The van der Waals surface area contributed by atoms with Gasteiger partial charge < -0.3 is 4.55 Å². The second kappa shape index (κ2) is 6.39. The van der Waals surface area contributed by atoms with Crippen LogP contribution in [0, 0.1) is 0 Å². The number of fused-ring (bicyclic) bond motifs is 1. The smallest absolute Gasteiger partial charge is 0.124 e. The molecule has 0 N–H and O–H groups in total. The Labute approximate surface area is 133 Å². The molecule has 2 aromatic rings. The maximum Gasteiger partial charge on any atom is 0.124 e. The molecule has 120 valence electrons. The summed E-state index contributed by atoms with van der Waals surface area (Å²) in [6.45, 7) is 8.35. The van der Waals surface area contributed by atoms with E-state index in [1.165, 1.54) is 0 Å². The molecule has 2 rings (SSSR count). The number of rotatable bonds is 5. The van der Waals surface area contributed by atoms with Crippen LogP contribution in [0.4, 0.5) is 0 Å². The van der Waals surface area contributed by atoms with Gasteiger partial charge in [-0.15, -0.1) is 0 Å². The Morgan fingerprint density at radius 3 is 2.09 bits per heavy atom. The average Bonchev–Trinajstić information content (AvgIpc) is 2.50. The first-order valence-electron chi connectivity index (χ1n) is 7.82. The lowest BCUT2D eigenvalue weighted by Crippen LogP contribution is -2.04. The summed E-state index contributed by atoms with van der Waals surface area (Å²) in [5, 5.41) is 1.95. The standard InChI is InChI=1S/C18H24O3S/c1-5-12(3)15-8-7-9-16-17(13(4)6-2)10-14(11-18(15)16)22(19,20)21/h7-13H,5-6H2,1-4H3,(H,19,20,21)/p-1. The molecule has 0 fully saturated rings. The van der Waals surface area contributed by atoms with Crippen molar-refractivity contribution in [3.05, 3.63) is 41.5 Å². The van der Waals surface area contributed by atoms with Crippen molar-refractivity contribution >= 4 is 20.9 Å². The third-order valence-electron chi connectivity index (χ3n) is 4.61. The molecule has 2 unspecified atom stereocenters. The van der Waals surface area contributed by atoms with Gasteiger partial charge in [-0.25, -0.2) is 8.42 Å². The van der Waals surface area contributed by atoms with E-state index in [4.69, 9.17) is 0 Å². The molecule has 0 amide bonds. The molecule has 0 aromatic heterocycles. The van der Waals surface area contributed by atoms with Gasteiger partial charge in [0.25, 0.3) is 0 Å². The summed E-state index contributed by atoms with van der Waals surface area (Å²) >= 11 is 0. The van der Waals surface area contributed by atoms with Gasteiger partial charge in [0.1, 0.15) is 10.1 Å².